The normalized spacial score (nSPS) is 17.4. The summed E-state index contributed by atoms with van der Waals surface area (Å²) in [7, 11) is 0. The Morgan fingerprint density at radius 1 is 1.28 bits per heavy atom. The molecule has 0 aromatic heterocycles. The van der Waals surface area contributed by atoms with Gasteiger partial charge in [0.25, 0.3) is 0 Å². The van der Waals surface area contributed by atoms with Crippen LogP contribution >= 0.6 is 0 Å². The van der Waals surface area contributed by atoms with Gasteiger partial charge in [0, 0.05) is 30.9 Å². The summed E-state index contributed by atoms with van der Waals surface area (Å²) in [6.45, 7) is -5.23. The van der Waals surface area contributed by atoms with Crippen molar-refractivity contribution in [2.45, 2.75) is 32.2 Å². The van der Waals surface area contributed by atoms with Crippen LogP contribution in [0.4, 0.5) is 17.6 Å². The fourth-order valence-electron chi connectivity index (χ4n) is 2.27. The van der Waals surface area contributed by atoms with Gasteiger partial charge in [0.15, 0.2) is 0 Å². The highest BCUT2D eigenvalue weighted by molar-refractivity contribution is 5.92. The van der Waals surface area contributed by atoms with Crippen molar-refractivity contribution in [2.24, 2.45) is 0 Å². The first kappa shape index (κ1) is 19.0. The minimum atomic E-state index is -3.15. The number of amides is 1. The van der Waals surface area contributed by atoms with Gasteiger partial charge in [-0.3, -0.25) is 4.79 Å². The molecule has 1 saturated heterocycles. The fourth-order valence-corrected chi connectivity index (χ4v) is 2.27. The first-order valence-corrected chi connectivity index (χ1v) is 7.55. The summed E-state index contributed by atoms with van der Waals surface area (Å²) in [6.07, 6.45) is 4.16. The molecule has 1 unspecified atom stereocenters. The molecule has 1 amide bonds. The van der Waals surface area contributed by atoms with E-state index in [1.165, 1.54) is 12.1 Å². The third-order valence-corrected chi connectivity index (χ3v) is 3.37. The lowest BCUT2D eigenvalue weighted by atomic mass is 10.1. The van der Waals surface area contributed by atoms with Crippen LogP contribution in [-0.2, 0) is 9.53 Å². The van der Waals surface area contributed by atoms with Gasteiger partial charge in [-0.2, -0.15) is 17.6 Å². The van der Waals surface area contributed by atoms with E-state index in [1.54, 1.807) is 0 Å². The minimum absolute atomic E-state index is 0.0270. The maximum atomic E-state index is 12.5. The van der Waals surface area contributed by atoms with E-state index in [2.05, 4.69) is 14.8 Å². The Kier molecular flexibility index (Phi) is 7.05. The van der Waals surface area contributed by atoms with Crippen molar-refractivity contribution in [1.82, 2.24) is 5.32 Å². The van der Waals surface area contributed by atoms with Gasteiger partial charge in [0.1, 0.15) is 11.5 Å². The first-order valence-electron chi connectivity index (χ1n) is 7.55. The molecule has 1 N–H and O–H groups in total. The second-order valence-corrected chi connectivity index (χ2v) is 5.17. The Labute approximate surface area is 141 Å². The van der Waals surface area contributed by atoms with Crippen molar-refractivity contribution >= 4 is 12.0 Å². The summed E-state index contributed by atoms with van der Waals surface area (Å²) in [5, 5.41) is 2.63. The summed E-state index contributed by atoms with van der Waals surface area (Å²) >= 11 is 0. The molecular formula is C16H17F4NO4. The fraction of sp³-hybridized carbons (Fsp3) is 0.438. The molecule has 1 aromatic carbocycles. The maximum Gasteiger partial charge on any atom is 0.387 e. The van der Waals surface area contributed by atoms with Gasteiger partial charge in [0.05, 0.1) is 6.10 Å². The molecule has 25 heavy (non-hydrogen) atoms. The van der Waals surface area contributed by atoms with Crippen LogP contribution in [0.5, 0.6) is 11.5 Å². The second kappa shape index (κ2) is 9.26. The zero-order valence-corrected chi connectivity index (χ0v) is 13.1. The van der Waals surface area contributed by atoms with Crippen LogP contribution in [0.15, 0.2) is 24.3 Å². The number of hydrogen-bond donors (Lipinski definition) is 1. The van der Waals surface area contributed by atoms with Gasteiger partial charge in [0.2, 0.25) is 5.91 Å². The Bertz CT molecular complexity index is 604. The van der Waals surface area contributed by atoms with Crippen LogP contribution in [0.2, 0.25) is 0 Å². The van der Waals surface area contributed by atoms with E-state index in [1.807, 2.05) is 0 Å². The number of benzene rings is 1. The molecule has 9 heteroatoms. The summed E-state index contributed by atoms with van der Waals surface area (Å²) in [4.78, 5) is 11.8. The SMILES string of the molecule is O=C(/C=C/c1ccc(OC(F)F)cc1OC(F)F)NCC1CCCO1. The van der Waals surface area contributed by atoms with E-state index in [0.29, 0.717) is 13.2 Å². The van der Waals surface area contributed by atoms with E-state index < -0.39 is 19.1 Å². The smallest absolute Gasteiger partial charge is 0.387 e. The molecule has 0 bridgehead atoms. The average Bonchev–Trinajstić information content (AvgIpc) is 3.04. The van der Waals surface area contributed by atoms with Crippen LogP contribution in [0.1, 0.15) is 18.4 Å². The molecule has 0 saturated carbocycles. The van der Waals surface area contributed by atoms with Gasteiger partial charge in [-0.05, 0) is 31.1 Å². The molecule has 2 rings (SSSR count). The lowest BCUT2D eigenvalue weighted by Crippen LogP contribution is -2.30. The summed E-state index contributed by atoms with van der Waals surface area (Å²) in [5.41, 5.74) is 0.120. The molecule has 1 aromatic rings. The van der Waals surface area contributed by atoms with Gasteiger partial charge in [-0.1, -0.05) is 0 Å². The number of carbonyl (C=O) groups excluding carboxylic acids is 1. The van der Waals surface area contributed by atoms with Crippen molar-refractivity contribution in [3.63, 3.8) is 0 Å². The van der Waals surface area contributed by atoms with Crippen molar-refractivity contribution in [3.05, 3.63) is 29.8 Å². The number of halogens is 4. The Balaban J connectivity index is 2.01. The largest absolute Gasteiger partial charge is 0.435 e. The molecule has 5 nitrogen and oxygen atoms in total. The molecule has 0 aliphatic carbocycles. The lowest BCUT2D eigenvalue weighted by molar-refractivity contribution is -0.116. The number of nitrogens with one attached hydrogen (secondary N) is 1. The number of alkyl halides is 4. The van der Waals surface area contributed by atoms with Crippen LogP contribution in [0, 0.1) is 0 Å². The predicted octanol–water partition coefficient (Wildman–Crippen LogP) is 3.20. The van der Waals surface area contributed by atoms with Crippen molar-refractivity contribution in [3.8, 4) is 11.5 Å². The predicted molar refractivity (Wildman–Crippen MR) is 80.7 cm³/mol. The molecule has 1 fully saturated rings. The minimum Gasteiger partial charge on any atom is -0.435 e. The summed E-state index contributed by atoms with van der Waals surface area (Å²) in [6, 6.07) is 3.30. The van der Waals surface area contributed by atoms with Gasteiger partial charge >= 0.3 is 13.2 Å². The monoisotopic (exact) mass is 363 g/mol. The van der Waals surface area contributed by atoms with E-state index >= 15 is 0 Å². The van der Waals surface area contributed by atoms with Gasteiger partial charge < -0.3 is 19.5 Å². The Morgan fingerprint density at radius 2 is 2.04 bits per heavy atom. The van der Waals surface area contributed by atoms with E-state index in [0.717, 1.165) is 31.1 Å². The number of carbonyl (C=O) groups is 1. The van der Waals surface area contributed by atoms with Crippen LogP contribution in [-0.4, -0.2) is 38.4 Å². The third-order valence-electron chi connectivity index (χ3n) is 3.37. The highest BCUT2D eigenvalue weighted by atomic mass is 19.3. The number of rotatable bonds is 8. The number of ether oxygens (including phenoxy) is 3. The molecule has 1 aliphatic rings. The molecule has 1 aliphatic heterocycles. The lowest BCUT2D eigenvalue weighted by Gasteiger charge is -2.11. The number of hydrogen-bond acceptors (Lipinski definition) is 4. The van der Waals surface area contributed by atoms with E-state index in [9.17, 15) is 22.4 Å². The van der Waals surface area contributed by atoms with Gasteiger partial charge in [-0.15, -0.1) is 0 Å². The highest BCUT2D eigenvalue weighted by Crippen LogP contribution is 2.28. The summed E-state index contributed by atoms with van der Waals surface area (Å²) in [5.74, 6) is -1.15. The molecular weight excluding hydrogens is 346 g/mol. The first-order chi connectivity index (χ1) is 11.9. The van der Waals surface area contributed by atoms with Crippen LogP contribution < -0.4 is 14.8 Å². The van der Waals surface area contributed by atoms with E-state index in [4.69, 9.17) is 4.74 Å². The quantitative estimate of drug-likeness (QED) is 0.569. The molecule has 138 valence electrons. The maximum absolute atomic E-state index is 12.5. The molecule has 0 radical (unpaired) electrons. The van der Waals surface area contributed by atoms with Crippen LogP contribution in [0.3, 0.4) is 0 Å². The average molecular weight is 363 g/mol. The summed E-state index contributed by atoms with van der Waals surface area (Å²) < 4.78 is 63.1. The molecule has 0 spiro atoms. The van der Waals surface area contributed by atoms with Crippen molar-refractivity contribution < 1.29 is 36.6 Å². The second-order valence-electron chi connectivity index (χ2n) is 5.17. The van der Waals surface area contributed by atoms with Crippen molar-refractivity contribution in [2.75, 3.05) is 13.2 Å². The molecule has 1 atom stereocenters. The topological polar surface area (TPSA) is 56.8 Å². The van der Waals surface area contributed by atoms with Crippen molar-refractivity contribution in [1.29, 1.82) is 0 Å². The Morgan fingerprint density at radius 3 is 2.68 bits per heavy atom. The van der Waals surface area contributed by atoms with Gasteiger partial charge in [-0.25, -0.2) is 0 Å². The zero-order valence-electron chi connectivity index (χ0n) is 13.1. The third kappa shape index (κ3) is 6.61. The molecule has 1 heterocycles. The van der Waals surface area contributed by atoms with Crippen LogP contribution in [0.25, 0.3) is 6.08 Å². The van der Waals surface area contributed by atoms with E-state index in [-0.39, 0.29) is 23.2 Å². The Hall–Kier alpha value is -2.29. The zero-order chi connectivity index (χ0) is 18.2. The standard InChI is InChI=1S/C16H17F4NO4/c17-15(18)24-11-5-3-10(13(8-11)25-16(19)20)4-6-14(22)21-9-12-2-1-7-23-12/h3-6,8,12,15-16H,1-2,7,9H2,(H,21,22)/b6-4+. The highest BCUT2D eigenvalue weighted by Gasteiger charge is 2.16.